The van der Waals surface area contributed by atoms with Gasteiger partial charge in [0, 0.05) is 32.1 Å². The average Bonchev–Trinajstić information content (AvgIpc) is 3.30. The lowest BCUT2D eigenvalue weighted by atomic mass is 10.1. The molecule has 7 nitrogen and oxygen atoms in total. The van der Waals surface area contributed by atoms with E-state index in [4.69, 9.17) is 4.74 Å². The minimum absolute atomic E-state index is 0.00419. The summed E-state index contributed by atoms with van der Waals surface area (Å²) in [7, 11) is -3.55. The molecule has 0 unspecified atom stereocenters. The summed E-state index contributed by atoms with van der Waals surface area (Å²) in [5.74, 6) is 0.0272. The monoisotopic (exact) mass is 421 g/mol. The number of sulfonamides is 1. The zero-order valence-electron chi connectivity index (χ0n) is 16.9. The average molecular weight is 422 g/mol. The summed E-state index contributed by atoms with van der Waals surface area (Å²) in [6, 6.07) is 5.17. The number of hydrogen-bond acceptors (Lipinski definition) is 5. The van der Waals surface area contributed by atoms with Crippen LogP contribution in [0.3, 0.4) is 0 Å². The van der Waals surface area contributed by atoms with Crippen LogP contribution in [0.5, 0.6) is 0 Å². The molecule has 160 valence electrons. The number of piperidine rings is 1. The molecule has 2 saturated heterocycles. The summed E-state index contributed by atoms with van der Waals surface area (Å²) in [6.45, 7) is 3.84. The molecule has 2 aliphatic heterocycles. The first-order valence-corrected chi connectivity index (χ1v) is 12.3. The molecule has 3 aliphatic rings. The summed E-state index contributed by atoms with van der Waals surface area (Å²) in [4.78, 5) is 15.2. The maximum Gasteiger partial charge on any atom is 0.243 e. The lowest BCUT2D eigenvalue weighted by Gasteiger charge is -2.31. The van der Waals surface area contributed by atoms with Gasteiger partial charge < -0.3 is 15.0 Å². The molecule has 1 amide bonds. The number of rotatable bonds is 5. The van der Waals surface area contributed by atoms with Crippen molar-refractivity contribution < 1.29 is 17.9 Å². The third-order valence-corrected chi connectivity index (χ3v) is 8.15. The zero-order chi connectivity index (χ0) is 20.3. The Hall–Kier alpha value is -1.64. The van der Waals surface area contributed by atoms with Crippen molar-refractivity contribution in [2.75, 3.05) is 49.6 Å². The molecule has 0 spiro atoms. The molecule has 3 fully saturated rings. The van der Waals surface area contributed by atoms with Gasteiger partial charge in [0.05, 0.1) is 29.5 Å². The molecule has 29 heavy (non-hydrogen) atoms. The van der Waals surface area contributed by atoms with Crippen molar-refractivity contribution in [2.45, 2.75) is 49.8 Å². The standard InChI is InChI=1S/C21H31N3O4S/c25-21(17-6-2-3-7-17)22-19-16-18(29(26,27)24-10-4-1-5-11-24)8-9-20(19)23-12-14-28-15-13-23/h8-9,16-17H,1-7,10-15H2,(H,22,25). The lowest BCUT2D eigenvalue weighted by Crippen LogP contribution is -2.37. The Morgan fingerprint density at radius 1 is 0.966 bits per heavy atom. The van der Waals surface area contributed by atoms with Crippen LogP contribution in [0.2, 0.25) is 0 Å². The van der Waals surface area contributed by atoms with Crippen molar-refractivity contribution in [3.63, 3.8) is 0 Å². The van der Waals surface area contributed by atoms with Gasteiger partial charge in [-0.1, -0.05) is 19.3 Å². The molecule has 4 rings (SSSR count). The first-order chi connectivity index (χ1) is 14.1. The van der Waals surface area contributed by atoms with Crippen molar-refractivity contribution in [3.05, 3.63) is 18.2 Å². The first kappa shape index (κ1) is 20.6. The second kappa shape index (κ2) is 9.02. The maximum atomic E-state index is 13.1. The smallest absolute Gasteiger partial charge is 0.243 e. The van der Waals surface area contributed by atoms with Gasteiger partial charge in [-0.15, -0.1) is 0 Å². The second-order valence-corrected chi connectivity index (χ2v) is 10.2. The molecule has 0 aromatic heterocycles. The van der Waals surface area contributed by atoms with Gasteiger partial charge in [-0.25, -0.2) is 8.42 Å². The molecule has 1 aromatic carbocycles. The van der Waals surface area contributed by atoms with E-state index in [0.29, 0.717) is 32.0 Å². The van der Waals surface area contributed by atoms with E-state index in [2.05, 4.69) is 10.2 Å². The molecule has 1 N–H and O–H groups in total. The number of morpholine rings is 1. The van der Waals surface area contributed by atoms with E-state index in [9.17, 15) is 13.2 Å². The third kappa shape index (κ3) is 4.59. The van der Waals surface area contributed by atoms with Crippen LogP contribution in [0.1, 0.15) is 44.9 Å². The number of nitrogens with one attached hydrogen (secondary N) is 1. The molecule has 0 radical (unpaired) electrons. The van der Waals surface area contributed by atoms with Crippen LogP contribution < -0.4 is 10.2 Å². The molecular weight excluding hydrogens is 390 g/mol. The van der Waals surface area contributed by atoms with Crippen LogP contribution in [0.4, 0.5) is 11.4 Å². The Kier molecular flexibility index (Phi) is 6.41. The Bertz CT molecular complexity index is 824. The van der Waals surface area contributed by atoms with Crippen molar-refractivity contribution in [2.24, 2.45) is 5.92 Å². The summed E-state index contributed by atoms with van der Waals surface area (Å²) < 4.78 is 33.3. The number of amides is 1. The number of carbonyl (C=O) groups is 1. The normalized spacial score (nSPS) is 22.0. The largest absolute Gasteiger partial charge is 0.378 e. The van der Waals surface area contributed by atoms with Gasteiger partial charge in [0.1, 0.15) is 0 Å². The Labute approximate surface area is 173 Å². The van der Waals surface area contributed by atoms with Crippen molar-refractivity contribution in [1.82, 2.24) is 4.31 Å². The highest BCUT2D eigenvalue weighted by Gasteiger charge is 2.29. The minimum atomic E-state index is -3.55. The molecule has 2 heterocycles. The van der Waals surface area contributed by atoms with Crippen LogP contribution in [-0.4, -0.2) is 58.0 Å². The van der Waals surface area contributed by atoms with Gasteiger partial charge >= 0.3 is 0 Å². The fourth-order valence-corrected chi connectivity index (χ4v) is 6.08. The molecule has 0 bridgehead atoms. The maximum absolute atomic E-state index is 13.1. The topological polar surface area (TPSA) is 79.0 Å². The summed E-state index contributed by atoms with van der Waals surface area (Å²) in [5.41, 5.74) is 1.47. The molecule has 8 heteroatoms. The van der Waals surface area contributed by atoms with Gasteiger partial charge in [-0.05, 0) is 43.9 Å². The molecular formula is C21H31N3O4S. The van der Waals surface area contributed by atoms with Crippen molar-refractivity contribution in [3.8, 4) is 0 Å². The van der Waals surface area contributed by atoms with Crippen LogP contribution in [-0.2, 0) is 19.6 Å². The van der Waals surface area contributed by atoms with E-state index in [1.165, 1.54) is 0 Å². The van der Waals surface area contributed by atoms with Gasteiger partial charge in [-0.2, -0.15) is 4.31 Å². The Morgan fingerprint density at radius 2 is 1.66 bits per heavy atom. The van der Waals surface area contributed by atoms with Crippen LogP contribution in [0, 0.1) is 5.92 Å². The van der Waals surface area contributed by atoms with E-state index in [1.807, 2.05) is 6.07 Å². The number of benzene rings is 1. The fraction of sp³-hybridized carbons (Fsp3) is 0.667. The minimum Gasteiger partial charge on any atom is -0.378 e. The molecule has 1 aromatic rings. The molecule has 1 saturated carbocycles. The highest BCUT2D eigenvalue weighted by atomic mass is 32.2. The zero-order valence-corrected chi connectivity index (χ0v) is 17.8. The van der Waals surface area contributed by atoms with E-state index in [0.717, 1.165) is 63.7 Å². The third-order valence-electron chi connectivity index (χ3n) is 6.26. The van der Waals surface area contributed by atoms with Gasteiger partial charge in [-0.3, -0.25) is 4.79 Å². The van der Waals surface area contributed by atoms with Crippen LogP contribution in [0.25, 0.3) is 0 Å². The quantitative estimate of drug-likeness (QED) is 0.791. The molecule has 1 aliphatic carbocycles. The number of anilines is 2. The van der Waals surface area contributed by atoms with E-state index < -0.39 is 10.0 Å². The van der Waals surface area contributed by atoms with E-state index in [1.54, 1.807) is 16.4 Å². The predicted molar refractivity (Wildman–Crippen MR) is 113 cm³/mol. The van der Waals surface area contributed by atoms with Crippen LogP contribution >= 0.6 is 0 Å². The fourth-order valence-electron chi connectivity index (χ4n) is 4.53. The van der Waals surface area contributed by atoms with E-state index in [-0.39, 0.29) is 16.7 Å². The SMILES string of the molecule is O=C(Nc1cc(S(=O)(=O)N2CCCCC2)ccc1N1CCOCC1)C1CCCC1. The lowest BCUT2D eigenvalue weighted by molar-refractivity contribution is -0.119. The number of carbonyl (C=O) groups excluding carboxylic acids is 1. The number of nitrogens with zero attached hydrogens (tertiary/aromatic N) is 2. The van der Waals surface area contributed by atoms with Crippen molar-refractivity contribution in [1.29, 1.82) is 0 Å². The van der Waals surface area contributed by atoms with Gasteiger partial charge in [0.2, 0.25) is 15.9 Å². The highest BCUT2D eigenvalue weighted by Crippen LogP contribution is 2.33. The first-order valence-electron chi connectivity index (χ1n) is 10.8. The highest BCUT2D eigenvalue weighted by molar-refractivity contribution is 7.89. The van der Waals surface area contributed by atoms with E-state index >= 15 is 0 Å². The Morgan fingerprint density at radius 3 is 2.34 bits per heavy atom. The Balaban J connectivity index is 1.64. The number of ether oxygens (including phenoxy) is 1. The summed E-state index contributed by atoms with van der Waals surface area (Å²) in [5, 5.41) is 3.06. The molecule has 0 atom stereocenters. The van der Waals surface area contributed by atoms with Crippen LogP contribution in [0.15, 0.2) is 23.1 Å². The van der Waals surface area contributed by atoms with Crippen molar-refractivity contribution >= 4 is 27.3 Å². The van der Waals surface area contributed by atoms with Gasteiger partial charge in [0.25, 0.3) is 0 Å². The second-order valence-electron chi connectivity index (χ2n) is 8.21. The summed E-state index contributed by atoms with van der Waals surface area (Å²) in [6.07, 6.45) is 6.85. The summed E-state index contributed by atoms with van der Waals surface area (Å²) >= 11 is 0. The number of hydrogen-bond donors (Lipinski definition) is 1. The predicted octanol–water partition coefficient (Wildman–Crippen LogP) is 2.83. The van der Waals surface area contributed by atoms with Gasteiger partial charge in [0.15, 0.2) is 0 Å².